The lowest BCUT2D eigenvalue weighted by Crippen LogP contribution is -2.49. The van der Waals surface area contributed by atoms with Crippen LogP contribution in [0.2, 0.25) is 0 Å². The Kier molecular flexibility index (Phi) is 7.74. The summed E-state index contributed by atoms with van der Waals surface area (Å²) >= 11 is 0. The molecule has 5 rings (SSSR count). The molecule has 7 nitrogen and oxygen atoms in total. The molecular weight excluding hydrogens is 494 g/mol. The summed E-state index contributed by atoms with van der Waals surface area (Å²) in [6, 6.07) is 23.5. The first kappa shape index (κ1) is 26.3. The number of aromatic nitrogens is 2. The van der Waals surface area contributed by atoms with Gasteiger partial charge in [0, 0.05) is 37.3 Å². The molecule has 1 fully saturated rings. The van der Waals surface area contributed by atoms with Gasteiger partial charge in [0.1, 0.15) is 11.6 Å². The normalized spacial score (nSPS) is 16.0. The first-order valence-electron chi connectivity index (χ1n) is 13.3. The van der Waals surface area contributed by atoms with Gasteiger partial charge in [-0.1, -0.05) is 55.3 Å². The second kappa shape index (κ2) is 11.2. The Bertz CT molecular complexity index is 1500. The smallest absolute Gasteiger partial charge is 0.243 e. The lowest BCUT2D eigenvalue weighted by molar-refractivity contribution is 0.141. The predicted molar refractivity (Wildman–Crippen MR) is 153 cm³/mol. The summed E-state index contributed by atoms with van der Waals surface area (Å²) in [7, 11) is -3.52. The summed E-state index contributed by atoms with van der Waals surface area (Å²) in [6.07, 6.45) is 1.99. The zero-order valence-electron chi connectivity index (χ0n) is 22.3. The van der Waals surface area contributed by atoms with Crippen LogP contribution < -0.4 is 5.32 Å². The molecule has 38 heavy (non-hydrogen) atoms. The molecule has 2 heterocycles. The third kappa shape index (κ3) is 5.57. The molecule has 1 aromatic heterocycles. The van der Waals surface area contributed by atoms with Crippen molar-refractivity contribution in [2.45, 2.75) is 44.6 Å². The number of para-hydroxylation sites is 1. The molecule has 1 aliphatic rings. The van der Waals surface area contributed by atoms with Gasteiger partial charge in [-0.2, -0.15) is 4.31 Å². The SMILES string of the molecule is CCCc1ccc(S(=O)(=O)N2CCN([C@H](C)c3nc(Nc4ccc(C)cc4)c4ccccc4n3)CC2)cc1. The lowest BCUT2D eigenvalue weighted by atomic mass is 10.1. The van der Waals surface area contributed by atoms with Crippen molar-refractivity contribution in [1.29, 1.82) is 0 Å². The molecule has 0 bridgehead atoms. The number of hydrogen-bond donors (Lipinski definition) is 1. The van der Waals surface area contributed by atoms with Crippen LogP contribution >= 0.6 is 0 Å². The van der Waals surface area contributed by atoms with E-state index in [-0.39, 0.29) is 6.04 Å². The molecule has 198 valence electrons. The summed E-state index contributed by atoms with van der Waals surface area (Å²) in [6.45, 7) is 8.39. The number of aryl methyl sites for hydroxylation is 2. The standard InChI is InChI=1S/C30H35N5O2S/c1-4-7-24-12-16-26(17-13-24)38(36,37)35-20-18-34(19-21-35)23(3)29-32-28-9-6-5-8-27(28)30(33-29)31-25-14-10-22(2)11-15-25/h5-6,8-17,23H,4,7,18-21H2,1-3H3,(H,31,32,33)/t23-/m1/s1. The zero-order chi connectivity index (χ0) is 26.7. The fraction of sp³-hybridized carbons (Fsp3) is 0.333. The summed E-state index contributed by atoms with van der Waals surface area (Å²) < 4.78 is 28.1. The van der Waals surface area contributed by atoms with Gasteiger partial charge in [0.25, 0.3) is 0 Å². The van der Waals surface area contributed by atoms with E-state index in [2.05, 4.69) is 43.1 Å². The van der Waals surface area contributed by atoms with Crippen molar-refractivity contribution in [3.05, 3.63) is 89.7 Å². The summed E-state index contributed by atoms with van der Waals surface area (Å²) in [4.78, 5) is 12.4. The van der Waals surface area contributed by atoms with Gasteiger partial charge in [-0.15, -0.1) is 0 Å². The monoisotopic (exact) mass is 529 g/mol. The van der Waals surface area contributed by atoms with Crippen LogP contribution in [0.3, 0.4) is 0 Å². The van der Waals surface area contributed by atoms with Crippen LogP contribution in [0.1, 0.15) is 43.3 Å². The van der Waals surface area contributed by atoms with Crippen LogP contribution in [0.5, 0.6) is 0 Å². The van der Waals surface area contributed by atoms with Gasteiger partial charge >= 0.3 is 0 Å². The van der Waals surface area contributed by atoms with Crippen LogP contribution in [-0.4, -0.2) is 53.8 Å². The molecule has 0 amide bonds. The molecule has 0 saturated carbocycles. The average Bonchev–Trinajstić information content (AvgIpc) is 2.94. The number of nitrogens with zero attached hydrogens (tertiary/aromatic N) is 4. The van der Waals surface area contributed by atoms with Gasteiger partial charge in [-0.3, -0.25) is 4.90 Å². The number of hydrogen-bond acceptors (Lipinski definition) is 6. The maximum atomic E-state index is 13.3. The molecule has 1 saturated heterocycles. The van der Waals surface area contributed by atoms with E-state index in [4.69, 9.17) is 9.97 Å². The Morgan fingerprint density at radius 2 is 1.58 bits per heavy atom. The van der Waals surface area contributed by atoms with Crippen molar-refractivity contribution in [3.63, 3.8) is 0 Å². The average molecular weight is 530 g/mol. The van der Waals surface area contributed by atoms with Gasteiger partial charge in [0.15, 0.2) is 0 Å². The Labute approximate surface area is 225 Å². The van der Waals surface area contributed by atoms with E-state index < -0.39 is 10.0 Å². The Morgan fingerprint density at radius 3 is 2.26 bits per heavy atom. The molecule has 1 N–H and O–H groups in total. The quantitative estimate of drug-likeness (QED) is 0.315. The third-order valence-electron chi connectivity index (χ3n) is 7.23. The minimum Gasteiger partial charge on any atom is -0.340 e. The highest BCUT2D eigenvalue weighted by atomic mass is 32.2. The van der Waals surface area contributed by atoms with E-state index in [1.807, 2.05) is 48.5 Å². The summed E-state index contributed by atoms with van der Waals surface area (Å²) in [5, 5.41) is 4.43. The lowest BCUT2D eigenvalue weighted by Gasteiger charge is -2.37. The van der Waals surface area contributed by atoms with Crippen molar-refractivity contribution in [2.75, 3.05) is 31.5 Å². The number of rotatable bonds is 8. The predicted octanol–water partition coefficient (Wildman–Crippen LogP) is 5.70. The third-order valence-corrected chi connectivity index (χ3v) is 9.14. The van der Waals surface area contributed by atoms with Crippen molar-refractivity contribution in [2.24, 2.45) is 0 Å². The van der Waals surface area contributed by atoms with E-state index in [1.165, 1.54) is 5.56 Å². The molecule has 0 radical (unpaired) electrons. The fourth-order valence-corrected chi connectivity index (χ4v) is 6.33. The maximum absolute atomic E-state index is 13.3. The first-order chi connectivity index (χ1) is 18.3. The van der Waals surface area contributed by atoms with E-state index in [9.17, 15) is 8.42 Å². The van der Waals surface area contributed by atoms with Gasteiger partial charge in [0.05, 0.1) is 16.5 Å². The van der Waals surface area contributed by atoms with E-state index in [0.717, 1.165) is 46.6 Å². The van der Waals surface area contributed by atoms with E-state index >= 15 is 0 Å². The van der Waals surface area contributed by atoms with Crippen molar-refractivity contribution < 1.29 is 8.42 Å². The molecule has 0 aliphatic carbocycles. The van der Waals surface area contributed by atoms with Gasteiger partial charge in [-0.05, 0) is 62.2 Å². The van der Waals surface area contributed by atoms with Crippen LogP contribution in [-0.2, 0) is 16.4 Å². The second-order valence-corrected chi connectivity index (χ2v) is 11.9. The van der Waals surface area contributed by atoms with E-state index in [1.54, 1.807) is 16.4 Å². The highest BCUT2D eigenvalue weighted by molar-refractivity contribution is 7.89. The zero-order valence-corrected chi connectivity index (χ0v) is 23.1. The number of nitrogens with one attached hydrogen (secondary N) is 1. The van der Waals surface area contributed by atoms with Crippen molar-refractivity contribution in [1.82, 2.24) is 19.2 Å². The van der Waals surface area contributed by atoms with Gasteiger partial charge in [0.2, 0.25) is 10.0 Å². The minimum atomic E-state index is -3.52. The maximum Gasteiger partial charge on any atom is 0.243 e. The molecule has 3 aromatic carbocycles. The van der Waals surface area contributed by atoms with Crippen molar-refractivity contribution in [3.8, 4) is 0 Å². The van der Waals surface area contributed by atoms with Gasteiger partial charge < -0.3 is 5.32 Å². The molecular formula is C30H35N5O2S. The van der Waals surface area contributed by atoms with Crippen LogP contribution in [0.15, 0.2) is 77.7 Å². The van der Waals surface area contributed by atoms with Gasteiger partial charge in [-0.25, -0.2) is 18.4 Å². The molecule has 0 spiro atoms. The molecule has 0 unspecified atom stereocenters. The first-order valence-corrected chi connectivity index (χ1v) is 14.7. The second-order valence-electron chi connectivity index (χ2n) is 9.95. The Morgan fingerprint density at radius 1 is 0.895 bits per heavy atom. The van der Waals surface area contributed by atoms with Crippen LogP contribution in [0.4, 0.5) is 11.5 Å². The summed E-state index contributed by atoms with van der Waals surface area (Å²) in [5.74, 6) is 1.50. The molecule has 1 atom stereocenters. The summed E-state index contributed by atoms with van der Waals surface area (Å²) in [5.41, 5.74) is 4.22. The fourth-order valence-electron chi connectivity index (χ4n) is 4.91. The number of fused-ring (bicyclic) bond motifs is 1. The highest BCUT2D eigenvalue weighted by Gasteiger charge is 2.31. The largest absolute Gasteiger partial charge is 0.340 e. The molecule has 8 heteroatoms. The molecule has 4 aromatic rings. The van der Waals surface area contributed by atoms with Crippen LogP contribution in [0, 0.1) is 6.92 Å². The highest BCUT2D eigenvalue weighted by Crippen LogP contribution is 2.28. The number of piperazine rings is 1. The Hall–Kier alpha value is -3.33. The number of benzene rings is 3. The van der Waals surface area contributed by atoms with E-state index in [0.29, 0.717) is 31.1 Å². The van der Waals surface area contributed by atoms with Crippen LogP contribution in [0.25, 0.3) is 10.9 Å². The topological polar surface area (TPSA) is 78.4 Å². The molecule has 1 aliphatic heterocycles. The number of anilines is 2. The minimum absolute atomic E-state index is 0.0589. The van der Waals surface area contributed by atoms with Crippen molar-refractivity contribution >= 4 is 32.4 Å². The number of sulfonamides is 1. The Balaban J connectivity index is 1.32.